The zero-order valence-corrected chi connectivity index (χ0v) is 13.8. The summed E-state index contributed by atoms with van der Waals surface area (Å²) in [5, 5.41) is 0. The fourth-order valence-corrected chi connectivity index (χ4v) is 2.99. The maximum Gasteiger partial charge on any atom is 0.239 e. The standard InChI is InChI=1S/C20H18N4/c1-23(2)16-9-11-18-20(13-16)24(15-6-4-3-5-7-15)19-12-14(21)8-10-17(19)22-18/h3-13,21H,1-2H3/p+1. The van der Waals surface area contributed by atoms with Gasteiger partial charge in [-0.2, -0.15) is 0 Å². The summed E-state index contributed by atoms with van der Waals surface area (Å²) >= 11 is 0. The topological polar surface area (TPSA) is 46.0 Å². The summed E-state index contributed by atoms with van der Waals surface area (Å²) in [7, 11) is 4.08. The van der Waals surface area contributed by atoms with Gasteiger partial charge in [0.25, 0.3) is 0 Å². The van der Waals surface area contributed by atoms with Crippen molar-refractivity contribution in [3.05, 3.63) is 66.7 Å². The van der Waals surface area contributed by atoms with Crippen molar-refractivity contribution in [2.75, 3.05) is 24.7 Å². The number of nitrogens with two attached hydrogens (primary N) is 1. The van der Waals surface area contributed by atoms with Gasteiger partial charge < -0.3 is 10.6 Å². The molecular weight excluding hydrogens is 296 g/mol. The fourth-order valence-electron chi connectivity index (χ4n) is 2.99. The van der Waals surface area contributed by atoms with Crippen molar-refractivity contribution in [3.8, 4) is 5.69 Å². The maximum atomic E-state index is 6.04. The van der Waals surface area contributed by atoms with Crippen molar-refractivity contribution in [2.45, 2.75) is 0 Å². The van der Waals surface area contributed by atoms with E-state index in [1.807, 2.05) is 50.5 Å². The van der Waals surface area contributed by atoms with Gasteiger partial charge in [-0.05, 0) is 24.3 Å². The van der Waals surface area contributed by atoms with E-state index in [4.69, 9.17) is 10.7 Å². The second-order valence-corrected chi connectivity index (χ2v) is 6.10. The van der Waals surface area contributed by atoms with Crippen LogP contribution in [0.3, 0.4) is 0 Å². The monoisotopic (exact) mass is 315 g/mol. The molecule has 0 bridgehead atoms. The summed E-state index contributed by atoms with van der Waals surface area (Å²) in [6.45, 7) is 0. The van der Waals surface area contributed by atoms with Gasteiger partial charge in [-0.3, -0.25) is 0 Å². The highest BCUT2D eigenvalue weighted by Crippen LogP contribution is 2.22. The Kier molecular flexibility index (Phi) is 3.31. The van der Waals surface area contributed by atoms with Gasteiger partial charge in [0.15, 0.2) is 0 Å². The molecule has 0 aliphatic heterocycles. The fraction of sp³-hybridized carbons (Fsp3) is 0.100. The highest BCUT2D eigenvalue weighted by molar-refractivity contribution is 5.85. The van der Waals surface area contributed by atoms with E-state index in [2.05, 4.69) is 39.8 Å². The van der Waals surface area contributed by atoms with Gasteiger partial charge in [0, 0.05) is 49.7 Å². The minimum atomic E-state index is 0.733. The molecule has 0 aliphatic rings. The molecule has 1 heterocycles. The summed E-state index contributed by atoms with van der Waals surface area (Å²) < 4.78 is 2.22. The third-order valence-corrected chi connectivity index (χ3v) is 4.21. The summed E-state index contributed by atoms with van der Waals surface area (Å²) in [6.07, 6.45) is 0. The van der Waals surface area contributed by atoms with Crippen LogP contribution < -0.4 is 15.2 Å². The first-order valence-electron chi connectivity index (χ1n) is 7.91. The molecule has 0 fully saturated rings. The van der Waals surface area contributed by atoms with Crippen LogP contribution in [0, 0.1) is 0 Å². The largest absolute Gasteiger partial charge is 0.399 e. The lowest BCUT2D eigenvalue weighted by Gasteiger charge is -2.13. The van der Waals surface area contributed by atoms with Gasteiger partial charge in [0.05, 0.1) is 0 Å². The van der Waals surface area contributed by atoms with E-state index in [-0.39, 0.29) is 0 Å². The molecule has 0 atom stereocenters. The highest BCUT2D eigenvalue weighted by Gasteiger charge is 2.20. The first-order chi connectivity index (χ1) is 11.6. The molecule has 0 aliphatic carbocycles. The molecule has 0 saturated carbocycles. The number of hydrogen-bond acceptors (Lipinski definition) is 3. The third-order valence-electron chi connectivity index (χ3n) is 4.21. The lowest BCUT2D eigenvalue weighted by Crippen LogP contribution is -2.33. The van der Waals surface area contributed by atoms with Crippen LogP contribution in [0.4, 0.5) is 11.4 Å². The van der Waals surface area contributed by atoms with Crippen LogP contribution in [-0.4, -0.2) is 19.1 Å². The quantitative estimate of drug-likeness (QED) is 0.351. The Morgan fingerprint density at radius 1 is 0.833 bits per heavy atom. The van der Waals surface area contributed by atoms with E-state index in [0.29, 0.717) is 0 Å². The van der Waals surface area contributed by atoms with Crippen LogP contribution in [0.25, 0.3) is 27.8 Å². The summed E-state index contributed by atoms with van der Waals surface area (Å²) in [4.78, 5) is 6.91. The third kappa shape index (κ3) is 2.33. The smallest absolute Gasteiger partial charge is 0.239 e. The summed E-state index contributed by atoms with van der Waals surface area (Å²) in [6, 6.07) is 22.5. The normalized spacial score (nSPS) is 11.1. The van der Waals surface area contributed by atoms with Crippen LogP contribution in [0.15, 0.2) is 66.7 Å². The number of aromatic nitrogens is 2. The molecule has 4 aromatic rings. The molecule has 3 aromatic carbocycles. The van der Waals surface area contributed by atoms with E-state index in [0.717, 1.165) is 39.1 Å². The van der Waals surface area contributed by atoms with Gasteiger partial charge >= 0.3 is 0 Å². The zero-order valence-electron chi connectivity index (χ0n) is 13.8. The molecule has 0 amide bonds. The van der Waals surface area contributed by atoms with Crippen LogP contribution >= 0.6 is 0 Å². The highest BCUT2D eigenvalue weighted by atomic mass is 15.1. The van der Waals surface area contributed by atoms with Gasteiger partial charge in [0.1, 0.15) is 11.0 Å². The number of nitrogens with zero attached hydrogens (tertiary/aromatic N) is 3. The average molecular weight is 315 g/mol. The molecule has 2 N–H and O–H groups in total. The van der Waals surface area contributed by atoms with Crippen molar-refractivity contribution in [3.63, 3.8) is 0 Å². The van der Waals surface area contributed by atoms with Crippen molar-refractivity contribution >= 4 is 33.4 Å². The Labute approximate surface area is 140 Å². The number of nitrogen functional groups attached to an aromatic ring is 1. The lowest BCUT2D eigenvalue weighted by atomic mass is 10.2. The lowest BCUT2D eigenvalue weighted by molar-refractivity contribution is -0.538. The van der Waals surface area contributed by atoms with Crippen molar-refractivity contribution in [2.24, 2.45) is 0 Å². The van der Waals surface area contributed by atoms with Gasteiger partial charge in [-0.1, -0.05) is 18.2 Å². The molecule has 0 spiro atoms. The van der Waals surface area contributed by atoms with Gasteiger partial charge in [-0.25, -0.2) is 4.98 Å². The Morgan fingerprint density at radius 3 is 2.21 bits per heavy atom. The van der Waals surface area contributed by atoms with Crippen LogP contribution in [-0.2, 0) is 0 Å². The predicted molar refractivity (Wildman–Crippen MR) is 99.5 cm³/mol. The Hall–Kier alpha value is -3.14. The van der Waals surface area contributed by atoms with E-state index in [1.165, 1.54) is 0 Å². The molecular formula is C20H19N4+. The van der Waals surface area contributed by atoms with Crippen molar-refractivity contribution in [1.29, 1.82) is 0 Å². The SMILES string of the molecule is CN(C)c1ccc2nc3ccc(N)cc3[n+](-c3ccccc3)c2c1. The minimum absolute atomic E-state index is 0.733. The molecule has 4 rings (SSSR count). The Morgan fingerprint density at radius 2 is 1.50 bits per heavy atom. The molecule has 0 radical (unpaired) electrons. The molecule has 24 heavy (non-hydrogen) atoms. The number of fused-ring (bicyclic) bond motifs is 2. The number of hydrogen-bond donors (Lipinski definition) is 1. The molecule has 0 unspecified atom stereocenters. The zero-order chi connectivity index (χ0) is 16.7. The Balaban J connectivity index is 2.19. The molecule has 0 saturated heterocycles. The van der Waals surface area contributed by atoms with E-state index >= 15 is 0 Å². The Bertz CT molecular complexity index is 1040. The predicted octanol–water partition coefficient (Wildman–Crippen LogP) is 3.31. The van der Waals surface area contributed by atoms with Gasteiger partial charge in [0.2, 0.25) is 16.7 Å². The molecule has 4 heteroatoms. The second-order valence-electron chi connectivity index (χ2n) is 6.10. The van der Waals surface area contributed by atoms with Crippen LogP contribution in [0.1, 0.15) is 0 Å². The maximum absolute atomic E-state index is 6.04. The second kappa shape index (κ2) is 5.49. The van der Waals surface area contributed by atoms with E-state index in [1.54, 1.807) is 0 Å². The van der Waals surface area contributed by atoms with Gasteiger partial charge in [-0.15, -0.1) is 4.57 Å². The minimum Gasteiger partial charge on any atom is -0.399 e. The molecule has 118 valence electrons. The number of rotatable bonds is 2. The van der Waals surface area contributed by atoms with Crippen LogP contribution in [0.2, 0.25) is 0 Å². The number of para-hydroxylation sites is 1. The van der Waals surface area contributed by atoms with Crippen molar-refractivity contribution < 1.29 is 4.57 Å². The van der Waals surface area contributed by atoms with E-state index < -0.39 is 0 Å². The molecule has 1 aromatic heterocycles. The number of benzene rings is 3. The number of anilines is 2. The first kappa shape index (κ1) is 14.5. The first-order valence-corrected chi connectivity index (χ1v) is 7.91. The van der Waals surface area contributed by atoms with Crippen molar-refractivity contribution in [1.82, 2.24) is 4.98 Å². The summed E-state index contributed by atoms with van der Waals surface area (Å²) in [5.41, 5.74) is 13.0. The van der Waals surface area contributed by atoms with E-state index in [9.17, 15) is 0 Å². The van der Waals surface area contributed by atoms with Crippen LogP contribution in [0.5, 0.6) is 0 Å². The average Bonchev–Trinajstić information content (AvgIpc) is 2.60. The molecule has 4 nitrogen and oxygen atoms in total. The summed E-state index contributed by atoms with van der Waals surface area (Å²) in [5.74, 6) is 0.